The van der Waals surface area contributed by atoms with Crippen molar-refractivity contribution in [2.24, 2.45) is 10.2 Å². The molecule has 1 N–H and O–H groups in total. The quantitative estimate of drug-likeness (QED) is 0.594. The molecule has 0 bridgehead atoms. The number of carbonyl (C=O) groups excluding carboxylic acids is 1. The lowest BCUT2D eigenvalue weighted by atomic mass is 10.2. The molecule has 4 rings (SSSR count). The average Bonchev–Trinajstić information content (AvgIpc) is 3.09. The summed E-state index contributed by atoms with van der Waals surface area (Å²) in [6.45, 7) is 4.33. The molecule has 9 heteroatoms. The summed E-state index contributed by atoms with van der Waals surface area (Å²) in [6.07, 6.45) is 0. The lowest BCUT2D eigenvalue weighted by molar-refractivity contribution is 0.0994. The van der Waals surface area contributed by atoms with Crippen molar-refractivity contribution in [2.75, 3.05) is 47.4 Å². The first-order valence-electron chi connectivity index (χ1n) is 10.4. The lowest BCUT2D eigenvalue weighted by Crippen LogP contribution is -2.44. The number of para-hydroxylation sites is 1. The van der Waals surface area contributed by atoms with Crippen LogP contribution in [0.15, 0.2) is 52.7 Å². The smallest absolute Gasteiger partial charge is 0.295 e. The van der Waals surface area contributed by atoms with E-state index in [0.29, 0.717) is 23.7 Å². The Bertz CT molecular complexity index is 1150. The zero-order valence-electron chi connectivity index (χ0n) is 18.5. The summed E-state index contributed by atoms with van der Waals surface area (Å²) in [4.78, 5) is 17.2. The number of fused-ring (bicyclic) bond motifs is 1. The van der Waals surface area contributed by atoms with Gasteiger partial charge >= 0.3 is 0 Å². The molecule has 0 saturated carbocycles. The maximum absolute atomic E-state index is 12.6. The van der Waals surface area contributed by atoms with Crippen LogP contribution >= 0.6 is 0 Å². The zero-order chi connectivity index (χ0) is 22.7. The number of aromatic hydroxyl groups is 1. The van der Waals surface area contributed by atoms with Gasteiger partial charge in [-0.15, -0.1) is 10.2 Å². The highest BCUT2D eigenvalue weighted by Gasteiger charge is 2.21. The minimum absolute atomic E-state index is 0.00557. The van der Waals surface area contributed by atoms with Crippen LogP contribution < -0.4 is 9.47 Å². The highest BCUT2D eigenvalue weighted by atomic mass is 16.5. The molecule has 3 aromatic rings. The van der Waals surface area contributed by atoms with Gasteiger partial charge in [0, 0.05) is 37.1 Å². The van der Waals surface area contributed by atoms with Gasteiger partial charge < -0.3 is 19.5 Å². The minimum Gasteiger partial charge on any atom is -0.493 e. The van der Waals surface area contributed by atoms with Crippen molar-refractivity contribution in [2.45, 2.75) is 6.67 Å². The van der Waals surface area contributed by atoms with E-state index in [0.717, 1.165) is 37.1 Å². The summed E-state index contributed by atoms with van der Waals surface area (Å²) in [7, 11) is 5.13. The number of aromatic nitrogens is 1. The number of hydrogen-bond donors (Lipinski definition) is 1. The van der Waals surface area contributed by atoms with E-state index in [1.54, 1.807) is 18.2 Å². The fraction of sp³-hybridized carbons (Fsp3) is 0.348. The number of methoxy groups -OCH3 is 2. The van der Waals surface area contributed by atoms with E-state index in [1.807, 2.05) is 28.8 Å². The predicted octanol–water partition coefficient (Wildman–Crippen LogP) is 3.49. The van der Waals surface area contributed by atoms with Crippen molar-refractivity contribution in [3.8, 4) is 17.4 Å². The highest BCUT2D eigenvalue weighted by molar-refractivity contribution is 5.97. The van der Waals surface area contributed by atoms with Gasteiger partial charge in [0.1, 0.15) is 0 Å². The predicted molar refractivity (Wildman–Crippen MR) is 121 cm³/mol. The fourth-order valence-corrected chi connectivity index (χ4v) is 3.83. The Morgan fingerprint density at radius 2 is 1.75 bits per heavy atom. The number of nitrogens with zero attached hydrogens (tertiary/aromatic N) is 5. The number of piperazine rings is 1. The second-order valence-electron chi connectivity index (χ2n) is 7.76. The molecule has 1 aliphatic rings. The maximum Gasteiger partial charge on any atom is 0.295 e. The van der Waals surface area contributed by atoms with Crippen molar-refractivity contribution in [1.29, 1.82) is 0 Å². The molecule has 1 fully saturated rings. The van der Waals surface area contributed by atoms with Gasteiger partial charge in [0.2, 0.25) is 5.88 Å². The van der Waals surface area contributed by atoms with E-state index >= 15 is 0 Å². The van der Waals surface area contributed by atoms with Gasteiger partial charge in [0.15, 0.2) is 17.2 Å². The first-order chi connectivity index (χ1) is 15.5. The standard InChI is InChI=1S/C23H27N5O4/c1-26-10-12-27(13-11-26)15-28-18-7-5-4-6-17(18)21(23(28)30)24-25-22(29)16-8-9-19(31-2)20(14-16)32-3/h4-9,14,30H,10-13,15H2,1-3H3. The number of azo groups is 1. The van der Waals surface area contributed by atoms with Crippen LogP contribution in [0, 0.1) is 0 Å². The fourth-order valence-electron chi connectivity index (χ4n) is 3.83. The molecule has 0 atom stereocenters. The molecule has 1 saturated heterocycles. The lowest BCUT2D eigenvalue weighted by Gasteiger charge is -2.32. The van der Waals surface area contributed by atoms with Crippen molar-refractivity contribution in [1.82, 2.24) is 14.4 Å². The highest BCUT2D eigenvalue weighted by Crippen LogP contribution is 2.39. The van der Waals surface area contributed by atoms with E-state index in [1.165, 1.54) is 14.2 Å². The Balaban J connectivity index is 1.62. The molecule has 168 valence electrons. The SMILES string of the molecule is COc1ccc(C(=O)N=Nc2c(O)n(CN3CCN(C)CC3)c3ccccc23)cc1OC. The van der Waals surface area contributed by atoms with Crippen molar-refractivity contribution >= 4 is 22.5 Å². The summed E-state index contributed by atoms with van der Waals surface area (Å²) in [5.74, 6) is 0.404. The van der Waals surface area contributed by atoms with Gasteiger partial charge in [0.25, 0.3) is 5.91 Å². The molecule has 0 aliphatic carbocycles. The molecule has 1 amide bonds. The molecule has 0 unspecified atom stereocenters. The van der Waals surface area contributed by atoms with Crippen LogP contribution in [0.1, 0.15) is 10.4 Å². The molecular weight excluding hydrogens is 410 g/mol. The Morgan fingerprint density at radius 1 is 1.03 bits per heavy atom. The summed E-state index contributed by atoms with van der Waals surface area (Å²) in [6, 6.07) is 12.4. The van der Waals surface area contributed by atoms with Gasteiger partial charge in [-0.05, 0) is 31.3 Å². The van der Waals surface area contributed by atoms with Gasteiger partial charge in [-0.2, -0.15) is 0 Å². The Kier molecular flexibility index (Phi) is 6.38. The molecule has 1 aromatic heterocycles. The Hall–Kier alpha value is -3.43. The Labute approximate surface area is 186 Å². The van der Waals surface area contributed by atoms with E-state index in [4.69, 9.17) is 9.47 Å². The molecule has 9 nitrogen and oxygen atoms in total. The molecule has 32 heavy (non-hydrogen) atoms. The van der Waals surface area contributed by atoms with Crippen molar-refractivity contribution in [3.05, 3.63) is 48.0 Å². The van der Waals surface area contributed by atoms with Crippen LogP contribution in [0.5, 0.6) is 17.4 Å². The number of ether oxygens (including phenoxy) is 2. The van der Waals surface area contributed by atoms with Crippen LogP contribution in [0.2, 0.25) is 0 Å². The number of benzene rings is 2. The summed E-state index contributed by atoms with van der Waals surface area (Å²) < 4.78 is 12.3. The maximum atomic E-state index is 12.6. The van der Waals surface area contributed by atoms with E-state index in [2.05, 4.69) is 27.1 Å². The van der Waals surface area contributed by atoms with Gasteiger partial charge in [0.05, 0.1) is 26.4 Å². The number of rotatable bonds is 6. The number of likely N-dealkylation sites (N-methyl/N-ethyl adjacent to an activating group) is 1. The first kappa shape index (κ1) is 21.8. The van der Waals surface area contributed by atoms with E-state index in [-0.39, 0.29) is 11.6 Å². The van der Waals surface area contributed by atoms with Gasteiger partial charge in [-0.25, -0.2) is 0 Å². The van der Waals surface area contributed by atoms with E-state index < -0.39 is 5.91 Å². The van der Waals surface area contributed by atoms with Crippen LogP contribution in [-0.2, 0) is 6.67 Å². The van der Waals surface area contributed by atoms with Crippen LogP contribution in [0.3, 0.4) is 0 Å². The van der Waals surface area contributed by atoms with Crippen molar-refractivity contribution in [3.63, 3.8) is 0 Å². The Morgan fingerprint density at radius 3 is 2.47 bits per heavy atom. The molecule has 2 aromatic carbocycles. The summed E-state index contributed by atoms with van der Waals surface area (Å²) in [5.41, 5.74) is 1.44. The van der Waals surface area contributed by atoms with Crippen LogP contribution in [0.4, 0.5) is 5.69 Å². The molecule has 1 aliphatic heterocycles. The number of carbonyl (C=O) groups is 1. The number of hydrogen-bond acceptors (Lipinski definition) is 7. The first-order valence-corrected chi connectivity index (χ1v) is 10.4. The second-order valence-corrected chi connectivity index (χ2v) is 7.76. The topological polar surface area (TPSA) is 91.9 Å². The zero-order valence-corrected chi connectivity index (χ0v) is 18.5. The van der Waals surface area contributed by atoms with Crippen LogP contribution in [0.25, 0.3) is 10.9 Å². The normalized spacial score (nSPS) is 15.5. The van der Waals surface area contributed by atoms with E-state index in [9.17, 15) is 9.90 Å². The summed E-state index contributed by atoms with van der Waals surface area (Å²) in [5, 5.41) is 19.7. The van der Waals surface area contributed by atoms with Gasteiger partial charge in [-0.3, -0.25) is 14.3 Å². The van der Waals surface area contributed by atoms with Crippen molar-refractivity contribution < 1.29 is 19.4 Å². The molecule has 2 heterocycles. The van der Waals surface area contributed by atoms with Gasteiger partial charge in [-0.1, -0.05) is 18.2 Å². The monoisotopic (exact) mass is 437 g/mol. The molecule has 0 radical (unpaired) electrons. The average molecular weight is 438 g/mol. The second kappa shape index (κ2) is 9.37. The number of amides is 1. The molecule has 0 spiro atoms. The third-order valence-electron chi connectivity index (χ3n) is 5.73. The van der Waals surface area contributed by atoms with Crippen LogP contribution in [-0.4, -0.2) is 72.8 Å². The third kappa shape index (κ3) is 4.30. The largest absolute Gasteiger partial charge is 0.493 e. The third-order valence-corrected chi connectivity index (χ3v) is 5.73. The minimum atomic E-state index is -0.541. The summed E-state index contributed by atoms with van der Waals surface area (Å²) >= 11 is 0. The molecular formula is C23H27N5O4.